The molecule has 0 aliphatic rings. The van der Waals surface area contributed by atoms with E-state index in [1.54, 1.807) is 30.3 Å². The van der Waals surface area contributed by atoms with E-state index in [1.165, 1.54) is 0 Å². The molecule has 1 N–H and O–H groups in total. The van der Waals surface area contributed by atoms with Gasteiger partial charge in [0, 0.05) is 5.56 Å². The fourth-order valence-electron chi connectivity index (χ4n) is 0.834. The summed E-state index contributed by atoms with van der Waals surface area (Å²) in [6.07, 6.45) is 1.57. The molecule has 11 heavy (non-hydrogen) atoms. The van der Waals surface area contributed by atoms with E-state index in [4.69, 9.17) is 4.89 Å². The zero-order valence-corrected chi connectivity index (χ0v) is 6.79. The lowest BCUT2D eigenvalue weighted by Crippen LogP contribution is -1.99. The maximum absolute atomic E-state index is 10.7. The van der Waals surface area contributed by atoms with Gasteiger partial charge in [-0.1, -0.05) is 30.9 Å². The Morgan fingerprint density at radius 1 is 1.45 bits per heavy atom. The van der Waals surface area contributed by atoms with Crippen LogP contribution < -0.4 is 5.30 Å². The molecule has 1 aromatic carbocycles. The molecule has 0 bridgehead atoms. The van der Waals surface area contributed by atoms with Gasteiger partial charge in [0.05, 0.1) is 0 Å². The SMILES string of the molecule is C=Cc1ccccc1[P+](=O)O. The van der Waals surface area contributed by atoms with Crippen molar-refractivity contribution in [3.05, 3.63) is 36.4 Å². The Kier molecular flexibility index (Phi) is 2.53. The number of rotatable bonds is 2. The van der Waals surface area contributed by atoms with Crippen LogP contribution in [0.3, 0.4) is 0 Å². The molecule has 0 amide bonds. The van der Waals surface area contributed by atoms with Crippen molar-refractivity contribution >= 4 is 19.4 Å². The lowest BCUT2D eigenvalue weighted by molar-refractivity contribution is 0.513. The fourth-order valence-corrected chi connectivity index (χ4v) is 1.43. The van der Waals surface area contributed by atoms with Crippen LogP contribution in [-0.4, -0.2) is 4.89 Å². The van der Waals surface area contributed by atoms with Gasteiger partial charge in [0.2, 0.25) is 5.30 Å². The van der Waals surface area contributed by atoms with Gasteiger partial charge in [-0.05, 0) is 10.6 Å². The van der Waals surface area contributed by atoms with Gasteiger partial charge in [0.15, 0.2) is 0 Å². The summed E-state index contributed by atoms with van der Waals surface area (Å²) in [5.41, 5.74) is 0.719. The smallest absolute Gasteiger partial charge is 0.156 e. The highest BCUT2D eigenvalue weighted by Gasteiger charge is 2.18. The van der Waals surface area contributed by atoms with Crippen LogP contribution >= 0.6 is 8.03 Å². The molecule has 0 aliphatic carbocycles. The minimum atomic E-state index is -2.24. The lowest BCUT2D eigenvalue weighted by Gasteiger charge is -1.89. The molecule has 0 radical (unpaired) electrons. The van der Waals surface area contributed by atoms with Crippen molar-refractivity contribution in [3.63, 3.8) is 0 Å². The zero-order chi connectivity index (χ0) is 8.27. The molecule has 0 spiro atoms. The van der Waals surface area contributed by atoms with E-state index in [9.17, 15) is 4.57 Å². The Balaban J connectivity index is 3.22. The van der Waals surface area contributed by atoms with E-state index >= 15 is 0 Å². The Morgan fingerprint density at radius 2 is 2.09 bits per heavy atom. The Morgan fingerprint density at radius 3 is 2.55 bits per heavy atom. The first-order valence-corrected chi connectivity index (χ1v) is 4.34. The van der Waals surface area contributed by atoms with E-state index in [0.717, 1.165) is 5.56 Å². The standard InChI is InChI=1S/C8H7O2P/c1-2-7-5-3-4-6-8(7)11(9)10/h2-6H,1H2/p+1. The predicted molar refractivity (Wildman–Crippen MR) is 46.0 cm³/mol. The number of hydrogen-bond donors (Lipinski definition) is 1. The summed E-state index contributed by atoms with van der Waals surface area (Å²) in [6.45, 7) is 3.53. The highest BCUT2D eigenvalue weighted by Crippen LogP contribution is 2.16. The third-order valence-corrected chi connectivity index (χ3v) is 2.18. The maximum atomic E-state index is 10.7. The van der Waals surface area contributed by atoms with Gasteiger partial charge in [-0.15, -0.1) is 0 Å². The zero-order valence-electron chi connectivity index (χ0n) is 5.90. The van der Waals surface area contributed by atoms with Crippen LogP contribution in [0.15, 0.2) is 30.8 Å². The molecule has 0 heterocycles. The monoisotopic (exact) mass is 167 g/mol. The average Bonchev–Trinajstić information content (AvgIpc) is 2.04. The van der Waals surface area contributed by atoms with Gasteiger partial charge in [0.25, 0.3) is 0 Å². The lowest BCUT2D eigenvalue weighted by atomic mass is 10.2. The first-order chi connectivity index (χ1) is 5.25. The summed E-state index contributed by atoms with van der Waals surface area (Å²) in [5.74, 6) is 0. The molecular weight excluding hydrogens is 159 g/mol. The van der Waals surface area contributed by atoms with Crippen LogP contribution in [0, 0.1) is 0 Å². The van der Waals surface area contributed by atoms with Crippen molar-refractivity contribution in [2.45, 2.75) is 0 Å². The first kappa shape index (κ1) is 8.12. The minimum Gasteiger partial charge on any atom is -0.156 e. The third-order valence-electron chi connectivity index (χ3n) is 1.36. The van der Waals surface area contributed by atoms with Crippen molar-refractivity contribution in [1.29, 1.82) is 0 Å². The summed E-state index contributed by atoms with van der Waals surface area (Å²) in [7, 11) is -2.24. The highest BCUT2D eigenvalue weighted by molar-refractivity contribution is 7.47. The largest absolute Gasteiger partial charge is 0.546 e. The molecule has 1 aromatic rings. The van der Waals surface area contributed by atoms with Crippen LogP contribution in [-0.2, 0) is 4.57 Å². The van der Waals surface area contributed by atoms with Gasteiger partial charge in [0.1, 0.15) is 0 Å². The molecule has 0 fully saturated rings. The minimum absolute atomic E-state index is 0.442. The van der Waals surface area contributed by atoms with Gasteiger partial charge >= 0.3 is 8.03 Å². The van der Waals surface area contributed by atoms with E-state index in [0.29, 0.717) is 5.30 Å². The molecule has 3 heteroatoms. The molecule has 0 aliphatic heterocycles. The second-order valence-electron chi connectivity index (χ2n) is 2.04. The topological polar surface area (TPSA) is 37.3 Å². The predicted octanol–water partition coefficient (Wildman–Crippen LogP) is 1.69. The third kappa shape index (κ3) is 1.73. The van der Waals surface area contributed by atoms with Crippen LogP contribution in [0.1, 0.15) is 5.56 Å². The normalized spacial score (nSPS) is 10.8. The van der Waals surface area contributed by atoms with E-state index < -0.39 is 8.03 Å². The van der Waals surface area contributed by atoms with Crippen molar-refractivity contribution in [2.75, 3.05) is 0 Å². The highest BCUT2D eigenvalue weighted by atomic mass is 31.1. The molecular formula is C8H8O2P+. The van der Waals surface area contributed by atoms with Crippen molar-refractivity contribution in [1.82, 2.24) is 0 Å². The summed E-state index contributed by atoms with van der Waals surface area (Å²) < 4.78 is 10.7. The molecule has 1 atom stereocenters. The quantitative estimate of drug-likeness (QED) is 0.680. The van der Waals surface area contributed by atoms with E-state index in [2.05, 4.69) is 6.58 Å². The maximum Gasteiger partial charge on any atom is 0.546 e. The Bertz CT molecular complexity index is 294. The number of hydrogen-bond acceptors (Lipinski definition) is 1. The molecule has 2 nitrogen and oxygen atoms in total. The molecule has 1 unspecified atom stereocenters. The summed E-state index contributed by atoms with van der Waals surface area (Å²) in [4.78, 5) is 8.80. The number of benzene rings is 1. The first-order valence-electron chi connectivity index (χ1n) is 3.13. The van der Waals surface area contributed by atoms with Gasteiger partial charge in [-0.25, -0.2) is 0 Å². The molecule has 0 saturated carbocycles. The Labute approximate surface area is 66.1 Å². The van der Waals surface area contributed by atoms with Crippen molar-refractivity contribution in [2.24, 2.45) is 0 Å². The van der Waals surface area contributed by atoms with Gasteiger partial charge < -0.3 is 0 Å². The van der Waals surface area contributed by atoms with Crippen LogP contribution in [0.4, 0.5) is 0 Å². The molecule has 0 saturated heterocycles. The van der Waals surface area contributed by atoms with Crippen LogP contribution in [0.25, 0.3) is 6.08 Å². The summed E-state index contributed by atoms with van der Waals surface area (Å²) in [5, 5.41) is 0.442. The molecule has 1 rings (SSSR count). The summed E-state index contributed by atoms with van der Waals surface area (Å²) >= 11 is 0. The van der Waals surface area contributed by atoms with Gasteiger partial charge in [-0.2, -0.15) is 4.89 Å². The van der Waals surface area contributed by atoms with Crippen LogP contribution in [0.2, 0.25) is 0 Å². The van der Waals surface area contributed by atoms with E-state index in [1.807, 2.05) is 0 Å². The van der Waals surface area contributed by atoms with Crippen LogP contribution in [0.5, 0.6) is 0 Å². The van der Waals surface area contributed by atoms with Gasteiger partial charge in [-0.3, -0.25) is 0 Å². The van der Waals surface area contributed by atoms with E-state index in [-0.39, 0.29) is 0 Å². The second kappa shape index (κ2) is 3.42. The Hall–Kier alpha value is -0.980. The second-order valence-corrected chi connectivity index (χ2v) is 3.06. The molecule has 0 aromatic heterocycles. The fraction of sp³-hybridized carbons (Fsp3) is 0. The van der Waals surface area contributed by atoms with Crippen molar-refractivity contribution < 1.29 is 9.46 Å². The average molecular weight is 167 g/mol. The van der Waals surface area contributed by atoms with Crippen molar-refractivity contribution in [3.8, 4) is 0 Å². The summed E-state index contributed by atoms with van der Waals surface area (Å²) in [6, 6.07) is 6.91. The molecule has 56 valence electrons.